The van der Waals surface area contributed by atoms with Gasteiger partial charge in [-0.2, -0.15) is 0 Å². The van der Waals surface area contributed by atoms with E-state index >= 15 is 0 Å². The second-order valence-electron chi connectivity index (χ2n) is 3.39. The Morgan fingerprint density at radius 2 is 2.14 bits per heavy atom. The summed E-state index contributed by atoms with van der Waals surface area (Å²) in [6, 6.07) is 9.92. The minimum atomic E-state index is -0.396. The van der Waals surface area contributed by atoms with Crippen molar-refractivity contribution >= 4 is 10.9 Å². The van der Waals surface area contributed by atoms with Crippen LogP contribution in [-0.4, -0.2) is 10.1 Å². The van der Waals surface area contributed by atoms with Crippen molar-refractivity contribution in [3.8, 4) is 0 Å². The molecule has 0 saturated heterocycles. The number of aliphatic hydroxyl groups is 1. The van der Waals surface area contributed by atoms with Gasteiger partial charge in [0.1, 0.15) is 0 Å². The number of nitrogens with zero attached hydrogens (tertiary/aromatic N) is 1. The third-order valence-corrected chi connectivity index (χ3v) is 2.38. The van der Waals surface area contributed by atoms with Gasteiger partial charge in [0.25, 0.3) is 0 Å². The summed E-state index contributed by atoms with van der Waals surface area (Å²) >= 11 is 0. The van der Waals surface area contributed by atoms with Crippen molar-refractivity contribution in [3.63, 3.8) is 0 Å². The van der Waals surface area contributed by atoms with Crippen molar-refractivity contribution < 1.29 is 5.11 Å². The van der Waals surface area contributed by atoms with E-state index in [0.717, 1.165) is 22.9 Å². The van der Waals surface area contributed by atoms with Crippen molar-refractivity contribution in [1.29, 1.82) is 0 Å². The Kier molecular flexibility index (Phi) is 2.46. The Balaban J connectivity index is 2.51. The van der Waals surface area contributed by atoms with Crippen LogP contribution in [0.15, 0.2) is 36.5 Å². The maximum Gasteiger partial charge on any atom is 0.0802 e. The molecular weight excluding hydrogens is 174 g/mol. The molecule has 1 heterocycles. The number of aromatic nitrogens is 1. The van der Waals surface area contributed by atoms with E-state index in [2.05, 4.69) is 4.98 Å². The van der Waals surface area contributed by atoms with Gasteiger partial charge in [0.05, 0.1) is 11.6 Å². The molecule has 0 fully saturated rings. The zero-order valence-electron chi connectivity index (χ0n) is 8.14. The number of hydrogen-bond acceptors (Lipinski definition) is 2. The quantitative estimate of drug-likeness (QED) is 0.784. The molecule has 1 unspecified atom stereocenters. The molecule has 0 radical (unpaired) electrons. The number of pyridine rings is 1. The predicted octanol–water partition coefficient (Wildman–Crippen LogP) is 2.68. The highest BCUT2D eigenvalue weighted by molar-refractivity contribution is 5.78. The summed E-state index contributed by atoms with van der Waals surface area (Å²) in [7, 11) is 0. The lowest BCUT2D eigenvalue weighted by atomic mass is 10.1. The molecular formula is C12H13NO. The van der Waals surface area contributed by atoms with Crippen LogP contribution in [0.2, 0.25) is 0 Å². The van der Waals surface area contributed by atoms with Gasteiger partial charge >= 0.3 is 0 Å². The molecule has 0 amide bonds. The summed E-state index contributed by atoms with van der Waals surface area (Å²) < 4.78 is 0. The van der Waals surface area contributed by atoms with Gasteiger partial charge in [-0.1, -0.05) is 25.1 Å². The number of fused-ring (bicyclic) bond motifs is 1. The van der Waals surface area contributed by atoms with Crippen molar-refractivity contribution in [2.45, 2.75) is 19.4 Å². The van der Waals surface area contributed by atoms with Gasteiger partial charge in [0.15, 0.2) is 0 Å². The van der Waals surface area contributed by atoms with Gasteiger partial charge < -0.3 is 5.11 Å². The SMILES string of the molecule is CCC(O)c1cnc2ccccc2c1. The summed E-state index contributed by atoms with van der Waals surface area (Å²) in [6.07, 6.45) is 2.07. The van der Waals surface area contributed by atoms with E-state index in [9.17, 15) is 5.11 Å². The van der Waals surface area contributed by atoms with Crippen molar-refractivity contribution in [2.24, 2.45) is 0 Å². The lowest BCUT2D eigenvalue weighted by Crippen LogP contribution is -1.95. The maximum absolute atomic E-state index is 9.65. The van der Waals surface area contributed by atoms with E-state index in [1.807, 2.05) is 37.3 Å². The molecule has 0 aliphatic heterocycles. The second-order valence-corrected chi connectivity index (χ2v) is 3.39. The third-order valence-electron chi connectivity index (χ3n) is 2.38. The highest BCUT2D eigenvalue weighted by Gasteiger charge is 2.05. The molecule has 0 bridgehead atoms. The third kappa shape index (κ3) is 1.61. The zero-order chi connectivity index (χ0) is 9.97. The van der Waals surface area contributed by atoms with E-state index in [1.54, 1.807) is 6.20 Å². The predicted molar refractivity (Wildman–Crippen MR) is 57.0 cm³/mol. The van der Waals surface area contributed by atoms with Gasteiger partial charge in [-0.3, -0.25) is 4.98 Å². The number of benzene rings is 1. The maximum atomic E-state index is 9.65. The highest BCUT2D eigenvalue weighted by atomic mass is 16.3. The topological polar surface area (TPSA) is 33.1 Å². The monoisotopic (exact) mass is 187 g/mol. The number of aliphatic hydroxyl groups excluding tert-OH is 1. The largest absolute Gasteiger partial charge is 0.388 e. The molecule has 0 aliphatic carbocycles. The average Bonchev–Trinajstić information content (AvgIpc) is 2.27. The first-order valence-corrected chi connectivity index (χ1v) is 4.84. The molecule has 0 spiro atoms. The lowest BCUT2D eigenvalue weighted by molar-refractivity contribution is 0.173. The van der Waals surface area contributed by atoms with Crippen molar-refractivity contribution in [1.82, 2.24) is 4.98 Å². The summed E-state index contributed by atoms with van der Waals surface area (Å²) in [5.41, 5.74) is 1.87. The summed E-state index contributed by atoms with van der Waals surface area (Å²) in [5, 5.41) is 10.7. The fourth-order valence-corrected chi connectivity index (χ4v) is 1.51. The first kappa shape index (κ1) is 9.16. The van der Waals surface area contributed by atoms with Crippen LogP contribution in [-0.2, 0) is 0 Å². The molecule has 1 N–H and O–H groups in total. The van der Waals surface area contributed by atoms with Gasteiger partial charge in [-0.25, -0.2) is 0 Å². The Morgan fingerprint density at radius 1 is 1.36 bits per heavy atom. The second kappa shape index (κ2) is 3.76. The van der Waals surface area contributed by atoms with E-state index in [1.165, 1.54) is 0 Å². The van der Waals surface area contributed by atoms with Crippen LogP contribution >= 0.6 is 0 Å². The highest BCUT2D eigenvalue weighted by Crippen LogP contribution is 2.19. The van der Waals surface area contributed by atoms with Gasteiger partial charge in [-0.15, -0.1) is 0 Å². The van der Waals surface area contributed by atoms with E-state index in [0.29, 0.717) is 0 Å². The summed E-state index contributed by atoms with van der Waals surface area (Å²) in [4.78, 5) is 4.29. The van der Waals surface area contributed by atoms with Crippen molar-refractivity contribution in [3.05, 3.63) is 42.1 Å². The molecule has 2 heteroatoms. The van der Waals surface area contributed by atoms with Crippen LogP contribution in [0.4, 0.5) is 0 Å². The van der Waals surface area contributed by atoms with Crippen LogP contribution in [0.3, 0.4) is 0 Å². The molecule has 2 aromatic rings. The Bertz CT molecular complexity index is 439. The molecule has 2 nitrogen and oxygen atoms in total. The standard InChI is InChI=1S/C12H13NO/c1-2-12(14)10-7-9-5-3-4-6-11(9)13-8-10/h3-8,12,14H,2H2,1H3. The Labute approximate surface area is 83.2 Å². The van der Waals surface area contributed by atoms with E-state index < -0.39 is 6.10 Å². The summed E-state index contributed by atoms with van der Waals surface area (Å²) in [5.74, 6) is 0. The number of hydrogen-bond donors (Lipinski definition) is 1. The van der Waals surface area contributed by atoms with Gasteiger partial charge in [-0.05, 0) is 24.1 Å². The first-order valence-electron chi connectivity index (χ1n) is 4.84. The van der Waals surface area contributed by atoms with Crippen LogP contribution in [0, 0.1) is 0 Å². The molecule has 72 valence electrons. The van der Waals surface area contributed by atoms with Crippen LogP contribution < -0.4 is 0 Å². The van der Waals surface area contributed by atoms with Gasteiger partial charge in [0, 0.05) is 11.6 Å². The fraction of sp³-hybridized carbons (Fsp3) is 0.250. The normalized spacial score (nSPS) is 13.0. The number of rotatable bonds is 2. The molecule has 2 rings (SSSR count). The molecule has 14 heavy (non-hydrogen) atoms. The fourth-order valence-electron chi connectivity index (χ4n) is 1.51. The smallest absolute Gasteiger partial charge is 0.0802 e. The Hall–Kier alpha value is -1.41. The molecule has 0 aliphatic rings. The van der Waals surface area contributed by atoms with Crippen LogP contribution in [0.1, 0.15) is 25.0 Å². The Morgan fingerprint density at radius 3 is 2.93 bits per heavy atom. The van der Waals surface area contributed by atoms with E-state index in [4.69, 9.17) is 0 Å². The molecule has 0 saturated carbocycles. The van der Waals surface area contributed by atoms with Crippen LogP contribution in [0.25, 0.3) is 10.9 Å². The van der Waals surface area contributed by atoms with E-state index in [-0.39, 0.29) is 0 Å². The molecule has 1 aromatic carbocycles. The minimum absolute atomic E-state index is 0.396. The first-order chi connectivity index (χ1) is 6.81. The van der Waals surface area contributed by atoms with Crippen LogP contribution in [0.5, 0.6) is 0 Å². The van der Waals surface area contributed by atoms with Gasteiger partial charge in [0.2, 0.25) is 0 Å². The molecule has 1 aromatic heterocycles. The minimum Gasteiger partial charge on any atom is -0.388 e. The number of para-hydroxylation sites is 1. The summed E-state index contributed by atoms with van der Waals surface area (Å²) in [6.45, 7) is 1.96. The molecule has 1 atom stereocenters. The lowest BCUT2D eigenvalue weighted by Gasteiger charge is -2.07. The zero-order valence-corrected chi connectivity index (χ0v) is 8.14. The van der Waals surface area contributed by atoms with Crippen molar-refractivity contribution in [2.75, 3.05) is 0 Å². The average molecular weight is 187 g/mol.